The van der Waals surface area contributed by atoms with Crippen molar-refractivity contribution in [2.45, 2.75) is 38.8 Å². The highest BCUT2D eigenvalue weighted by Gasteiger charge is 2.41. The average Bonchev–Trinajstić information content (AvgIpc) is 3.84. The molecule has 19 nitrogen and oxygen atoms in total. The molecule has 2 atom stereocenters. The van der Waals surface area contributed by atoms with Gasteiger partial charge in [0, 0.05) is 41.3 Å². The second-order valence-electron chi connectivity index (χ2n) is 13.6. The highest BCUT2D eigenvalue weighted by molar-refractivity contribution is 6.41. The van der Waals surface area contributed by atoms with E-state index in [2.05, 4.69) is 31.5 Å². The van der Waals surface area contributed by atoms with E-state index in [0.29, 0.717) is 27.9 Å². The number of amides is 5. The molecule has 1 saturated heterocycles. The molecular weight excluding hydrogens is 764 g/mol. The Hall–Kier alpha value is -6.86. The largest absolute Gasteiger partial charge is 0.477 e. The topological polar surface area (TPSA) is 254 Å². The monoisotopic (exact) mass is 800 g/mol. The van der Waals surface area contributed by atoms with Crippen LogP contribution in [0.3, 0.4) is 0 Å². The molecule has 3 heterocycles. The average molecular weight is 801 g/mol. The van der Waals surface area contributed by atoms with Crippen molar-refractivity contribution >= 4 is 75.4 Å². The first-order valence-electron chi connectivity index (χ1n) is 17.6. The van der Waals surface area contributed by atoms with Crippen LogP contribution in [0.5, 0.6) is 0 Å². The summed E-state index contributed by atoms with van der Waals surface area (Å²) in [6.07, 6.45) is 0.310. The van der Waals surface area contributed by atoms with Gasteiger partial charge < -0.3 is 41.1 Å². The van der Waals surface area contributed by atoms with Crippen molar-refractivity contribution in [3.8, 4) is 5.69 Å². The van der Waals surface area contributed by atoms with Crippen molar-refractivity contribution in [2.24, 2.45) is 5.92 Å². The Morgan fingerprint density at radius 2 is 1.61 bits per heavy atom. The van der Waals surface area contributed by atoms with E-state index in [1.807, 2.05) is 13.8 Å². The number of benzene rings is 3. The third-order valence-electron chi connectivity index (χ3n) is 9.19. The normalized spacial score (nSPS) is 14.1. The predicted octanol–water partition coefficient (Wildman–Crippen LogP) is 3.45. The number of carbonyl (C=O) groups is 6. The van der Waals surface area contributed by atoms with E-state index in [0.717, 1.165) is 11.0 Å². The number of rotatable bonds is 13. The zero-order valence-electron chi connectivity index (χ0n) is 30.5. The number of carbonyl (C=O) groups excluding carboxylic acids is 4. The molecule has 5 amide bonds. The van der Waals surface area contributed by atoms with Crippen LogP contribution < -0.4 is 20.9 Å². The number of urea groups is 1. The van der Waals surface area contributed by atoms with Gasteiger partial charge in [-0.25, -0.2) is 19.0 Å². The number of carboxylic acids is 1. The van der Waals surface area contributed by atoms with Gasteiger partial charge >= 0.3 is 29.9 Å². The fraction of sp³-hybridized carbons (Fsp3) is 0.270. The number of nitrogens with zero attached hydrogens (tertiary/aromatic N) is 7. The number of nitrogens with one attached hydrogen (secondary N) is 3. The number of fused-ring (bicyclic) bond motifs is 1. The van der Waals surface area contributed by atoms with Crippen molar-refractivity contribution in [2.75, 3.05) is 35.2 Å². The molecule has 0 saturated carbocycles. The minimum Gasteiger partial charge on any atom is -0.477 e. The van der Waals surface area contributed by atoms with E-state index in [1.54, 1.807) is 36.4 Å². The highest BCUT2D eigenvalue weighted by Crippen LogP contribution is 2.30. The molecule has 6 N–H and O–H groups in total. The molecule has 0 bridgehead atoms. The lowest BCUT2D eigenvalue weighted by Crippen LogP contribution is -2.60. The first-order chi connectivity index (χ1) is 27.2. The van der Waals surface area contributed by atoms with Gasteiger partial charge in [0.2, 0.25) is 5.91 Å². The Bertz CT molecular complexity index is 2350. The minimum absolute atomic E-state index is 0.0416. The van der Waals surface area contributed by atoms with Gasteiger partial charge in [0.05, 0.1) is 29.5 Å². The van der Waals surface area contributed by atoms with Gasteiger partial charge in [-0.1, -0.05) is 37.6 Å². The Balaban J connectivity index is 1.27. The molecule has 57 heavy (non-hydrogen) atoms. The Kier molecular flexibility index (Phi) is 11.8. The molecule has 1 fully saturated rings. The molecular formula is C37H37ClN10O9. The van der Waals surface area contributed by atoms with Crippen molar-refractivity contribution in [3.05, 3.63) is 89.3 Å². The van der Waals surface area contributed by atoms with Gasteiger partial charge in [0.1, 0.15) is 18.1 Å². The summed E-state index contributed by atoms with van der Waals surface area (Å²) in [5.74, 6) is -3.85. The minimum atomic E-state index is -1.51. The van der Waals surface area contributed by atoms with Crippen LogP contribution in [0.1, 0.15) is 36.3 Å². The number of hydrogen-bond donors (Lipinski definition) is 6. The maximum Gasteiger partial charge on any atom is 0.416 e. The van der Waals surface area contributed by atoms with Gasteiger partial charge in [-0.2, -0.15) is 4.68 Å². The molecule has 20 heteroatoms. The molecule has 2 aromatic heterocycles. The van der Waals surface area contributed by atoms with E-state index in [-0.39, 0.29) is 59.3 Å². The molecule has 0 unspecified atom stereocenters. The Labute approximate surface area is 328 Å². The summed E-state index contributed by atoms with van der Waals surface area (Å²) >= 11 is 6.29. The first-order valence-corrected chi connectivity index (χ1v) is 18.0. The number of aliphatic hydroxyl groups is 1. The number of aromatic nitrogens is 5. The second kappa shape index (κ2) is 16.9. The van der Waals surface area contributed by atoms with Gasteiger partial charge in [-0.15, -0.1) is 5.10 Å². The third kappa shape index (κ3) is 8.84. The SMILES string of the molecule is CC(C)C[C@@H](CO)NC(=O)Nc1ccc(C[C@@H](C(=O)Nc2ccc3c(c2)cc(C(=O)O)n3C(=O)O)N2CCN(c3cc(Cl)ccc3-n3cnnn3)C(=O)C2=O)cc1. The van der Waals surface area contributed by atoms with Crippen LogP contribution in [0.25, 0.3) is 16.6 Å². The molecule has 1 aliphatic heterocycles. The molecule has 0 aliphatic carbocycles. The lowest BCUT2D eigenvalue weighted by atomic mass is 10.0. The number of aliphatic hydroxyl groups excluding tert-OH is 1. The first kappa shape index (κ1) is 39.8. The Morgan fingerprint density at radius 1 is 0.877 bits per heavy atom. The van der Waals surface area contributed by atoms with Crippen LogP contribution in [0.4, 0.5) is 26.7 Å². The maximum atomic E-state index is 14.2. The van der Waals surface area contributed by atoms with E-state index < -0.39 is 53.6 Å². The van der Waals surface area contributed by atoms with E-state index >= 15 is 0 Å². The summed E-state index contributed by atoms with van der Waals surface area (Å²) < 4.78 is 1.92. The van der Waals surface area contributed by atoms with Crippen LogP contribution in [0, 0.1) is 5.92 Å². The molecule has 0 radical (unpaired) electrons. The zero-order valence-corrected chi connectivity index (χ0v) is 31.3. The number of piperazine rings is 1. The van der Waals surface area contributed by atoms with E-state index in [4.69, 9.17) is 11.6 Å². The molecule has 296 valence electrons. The lowest BCUT2D eigenvalue weighted by molar-refractivity contribution is -0.149. The van der Waals surface area contributed by atoms with Gasteiger partial charge in [0.25, 0.3) is 0 Å². The molecule has 1 aliphatic rings. The fourth-order valence-electron chi connectivity index (χ4n) is 6.63. The van der Waals surface area contributed by atoms with Gasteiger partial charge in [-0.3, -0.25) is 14.4 Å². The number of hydrogen-bond acceptors (Lipinski definition) is 10. The zero-order chi connectivity index (χ0) is 41.0. The highest BCUT2D eigenvalue weighted by atomic mass is 35.5. The van der Waals surface area contributed by atoms with Crippen LogP contribution in [0.2, 0.25) is 5.02 Å². The van der Waals surface area contributed by atoms with Gasteiger partial charge in [-0.05, 0) is 82.9 Å². The van der Waals surface area contributed by atoms with Crippen molar-refractivity contribution < 1.29 is 44.1 Å². The summed E-state index contributed by atoms with van der Waals surface area (Å²) in [4.78, 5) is 80.6. The van der Waals surface area contributed by atoms with Crippen LogP contribution >= 0.6 is 11.6 Å². The lowest BCUT2D eigenvalue weighted by Gasteiger charge is -2.38. The third-order valence-corrected chi connectivity index (χ3v) is 9.42. The van der Waals surface area contributed by atoms with Crippen molar-refractivity contribution in [1.82, 2.24) is 35.0 Å². The van der Waals surface area contributed by atoms with Gasteiger partial charge in [0.15, 0.2) is 0 Å². The van der Waals surface area contributed by atoms with Crippen LogP contribution in [-0.2, 0) is 20.8 Å². The summed E-state index contributed by atoms with van der Waals surface area (Å²) in [5, 5.41) is 48.7. The van der Waals surface area contributed by atoms with Crippen LogP contribution in [0.15, 0.2) is 73.1 Å². The number of carboxylic acid groups (broad SMARTS) is 2. The smallest absolute Gasteiger partial charge is 0.416 e. The molecule has 3 aromatic carbocycles. The number of tetrazole rings is 1. The fourth-order valence-corrected chi connectivity index (χ4v) is 6.80. The predicted molar refractivity (Wildman–Crippen MR) is 206 cm³/mol. The van der Waals surface area contributed by atoms with E-state index in [9.17, 15) is 44.1 Å². The van der Waals surface area contributed by atoms with E-state index in [1.165, 1.54) is 40.2 Å². The quantitative estimate of drug-likeness (QED) is 0.0937. The second-order valence-corrected chi connectivity index (χ2v) is 14.0. The number of aromatic carboxylic acids is 1. The maximum absolute atomic E-state index is 14.2. The Morgan fingerprint density at radius 3 is 2.26 bits per heavy atom. The summed E-state index contributed by atoms with van der Waals surface area (Å²) in [6.45, 7) is 3.59. The van der Waals surface area contributed by atoms with Crippen molar-refractivity contribution in [3.63, 3.8) is 0 Å². The molecule has 5 aromatic rings. The molecule has 0 spiro atoms. The number of halogens is 1. The standard InChI is InChI=1S/C37H37ClN10O9/c1-20(2)13-26(18-49)42-36(55)41-24-6-3-21(4-7-24)14-30(32(50)40-25-8-10-27-22(15-25)16-31(35(53)54)48(27)37(56)57)46-12-11-45(33(51)34(46)52)29-17-23(38)5-9-28(29)47-19-39-43-44-47/h3-10,15-17,19-20,26,30,49H,11-14,18H2,1-2H3,(H,40,50)(H,53,54)(H,56,57)(H2,41,42,55)/t26-,30-/m0/s1. The summed E-state index contributed by atoms with van der Waals surface area (Å²) in [5.41, 5.74) is 1.36. The summed E-state index contributed by atoms with van der Waals surface area (Å²) in [7, 11) is 0. The summed E-state index contributed by atoms with van der Waals surface area (Å²) in [6, 6.07) is 14.2. The van der Waals surface area contributed by atoms with Crippen molar-refractivity contribution in [1.29, 1.82) is 0 Å². The molecule has 6 rings (SSSR count). The van der Waals surface area contributed by atoms with Crippen LogP contribution in [-0.4, -0.2) is 113 Å². The number of anilines is 3.